The molecule has 28 heavy (non-hydrogen) atoms. The van der Waals surface area contributed by atoms with E-state index in [0.29, 0.717) is 23.8 Å². The summed E-state index contributed by atoms with van der Waals surface area (Å²) in [6.45, 7) is 2.47. The molecule has 160 valence electrons. The van der Waals surface area contributed by atoms with Crippen molar-refractivity contribution < 1.29 is 15.6 Å². The van der Waals surface area contributed by atoms with E-state index in [-0.39, 0.29) is 17.7 Å². The molecule has 0 spiro atoms. The topological polar surface area (TPSA) is 113 Å². The van der Waals surface area contributed by atoms with Crippen molar-refractivity contribution in [2.75, 3.05) is 17.7 Å². The molecule has 2 heterocycles. The fourth-order valence-electron chi connectivity index (χ4n) is 3.51. The van der Waals surface area contributed by atoms with Crippen LogP contribution in [0, 0.1) is 0 Å². The lowest BCUT2D eigenvalue weighted by Crippen LogP contribution is -2.34. The lowest BCUT2D eigenvalue weighted by Gasteiger charge is -2.17. The number of anilines is 2. The quantitative estimate of drug-likeness (QED) is 0.584. The summed E-state index contributed by atoms with van der Waals surface area (Å²) >= 11 is 1.43. The number of nitrogen functional groups attached to an aromatic ring is 1. The van der Waals surface area contributed by atoms with Gasteiger partial charge in [0.15, 0.2) is 5.13 Å². The van der Waals surface area contributed by atoms with Crippen LogP contribution in [0.2, 0.25) is 0 Å². The van der Waals surface area contributed by atoms with Crippen LogP contribution in [0.15, 0.2) is 17.2 Å². The molecule has 4 rings (SSSR count). The van der Waals surface area contributed by atoms with Crippen molar-refractivity contribution in [3.8, 4) is 0 Å². The Kier molecular flexibility index (Phi) is 7.22. The SMILES string of the molecule is CCNC(=O)C1=NNc2ccc3nc(N)sc3c2C1.OC1CCCCCCC1.[HH].[HH].[HH].[HH]. The second kappa shape index (κ2) is 9.84. The zero-order valence-corrected chi connectivity index (χ0v) is 17.1. The average molecular weight is 412 g/mol. The molecule has 1 fully saturated rings. The Bertz CT molecular complexity index is 858. The second-order valence-electron chi connectivity index (χ2n) is 7.20. The number of nitrogens with two attached hydrogens (primary N) is 1. The van der Waals surface area contributed by atoms with Crippen molar-refractivity contribution >= 4 is 44.0 Å². The summed E-state index contributed by atoms with van der Waals surface area (Å²) in [6.07, 6.45) is 9.11. The number of carbonyl (C=O) groups excluding carboxylic acids is 1. The van der Waals surface area contributed by atoms with Gasteiger partial charge in [-0.2, -0.15) is 5.10 Å². The highest BCUT2D eigenvalue weighted by molar-refractivity contribution is 7.22. The van der Waals surface area contributed by atoms with E-state index < -0.39 is 0 Å². The molecule has 8 heteroatoms. The summed E-state index contributed by atoms with van der Waals surface area (Å²) in [5.41, 5.74) is 11.9. The number of aromatic nitrogens is 1. The van der Waals surface area contributed by atoms with E-state index in [1.165, 1.54) is 43.4 Å². The summed E-state index contributed by atoms with van der Waals surface area (Å²) in [5, 5.41) is 16.6. The number of carbonyl (C=O) groups is 1. The maximum Gasteiger partial charge on any atom is 0.267 e. The standard InChI is InChI=1S/C12H13N5OS.C8H16O.4H2/c1-2-14-11(18)9-5-6-7(16-17-9)3-4-8-10(6)19-12(13)15-8;9-8-6-4-2-1-3-5-7-8;;;;/h3-4,16H,2,5H2,1H3,(H2,13,15)(H,14,18);8-9H,1-7H2;4*1H. The zero-order valence-electron chi connectivity index (χ0n) is 16.3. The Morgan fingerprint density at radius 1 is 1.32 bits per heavy atom. The summed E-state index contributed by atoms with van der Waals surface area (Å²) in [6, 6.07) is 3.81. The molecular formula is C20H37N5O2S. The first kappa shape index (κ1) is 20.5. The fourth-order valence-corrected chi connectivity index (χ4v) is 4.38. The molecule has 1 aliphatic heterocycles. The van der Waals surface area contributed by atoms with Gasteiger partial charge in [-0.05, 0) is 31.9 Å². The lowest BCUT2D eigenvalue weighted by molar-refractivity contribution is -0.114. The Morgan fingerprint density at radius 3 is 2.75 bits per heavy atom. The first-order valence-corrected chi connectivity index (χ1v) is 10.9. The summed E-state index contributed by atoms with van der Waals surface area (Å²) in [7, 11) is 0. The van der Waals surface area contributed by atoms with Gasteiger partial charge in [0.2, 0.25) is 0 Å². The summed E-state index contributed by atoms with van der Waals surface area (Å²) < 4.78 is 1.01. The first-order chi connectivity index (χ1) is 13.6. The maximum absolute atomic E-state index is 11.8. The summed E-state index contributed by atoms with van der Waals surface area (Å²) in [4.78, 5) is 16.1. The highest BCUT2D eigenvalue weighted by Crippen LogP contribution is 2.34. The number of aliphatic hydroxyl groups excluding tert-OH is 1. The number of amides is 1. The van der Waals surface area contributed by atoms with E-state index in [1.807, 2.05) is 19.1 Å². The van der Waals surface area contributed by atoms with Gasteiger partial charge in [0.25, 0.3) is 5.91 Å². The molecule has 1 aliphatic carbocycles. The number of nitrogens with one attached hydrogen (secondary N) is 2. The molecule has 1 amide bonds. The highest BCUT2D eigenvalue weighted by atomic mass is 32.1. The molecule has 2 aromatic rings. The summed E-state index contributed by atoms with van der Waals surface area (Å²) in [5.74, 6) is -0.143. The van der Waals surface area contributed by atoms with Crippen LogP contribution in [0.1, 0.15) is 63.1 Å². The Hall–Kier alpha value is -2.19. The second-order valence-corrected chi connectivity index (χ2v) is 8.23. The van der Waals surface area contributed by atoms with Gasteiger partial charge >= 0.3 is 0 Å². The van der Waals surface area contributed by atoms with Gasteiger partial charge in [-0.1, -0.05) is 43.4 Å². The third kappa shape index (κ3) is 5.20. The van der Waals surface area contributed by atoms with Gasteiger partial charge < -0.3 is 16.2 Å². The molecule has 1 aromatic heterocycles. The van der Waals surface area contributed by atoms with Gasteiger partial charge in [-0.25, -0.2) is 4.98 Å². The largest absolute Gasteiger partial charge is 0.393 e. The zero-order chi connectivity index (χ0) is 19.9. The molecule has 0 atom stereocenters. The number of hydrogen-bond donors (Lipinski definition) is 4. The number of aliphatic hydroxyl groups is 1. The van der Waals surface area contributed by atoms with Crippen LogP contribution < -0.4 is 16.5 Å². The monoisotopic (exact) mass is 411 g/mol. The normalized spacial score (nSPS) is 17.3. The minimum atomic E-state index is -0.143. The lowest BCUT2D eigenvalue weighted by atomic mass is 9.99. The molecule has 2 aliphatic rings. The van der Waals surface area contributed by atoms with Crippen LogP contribution >= 0.6 is 11.3 Å². The number of fused-ring (bicyclic) bond motifs is 3. The van der Waals surface area contributed by atoms with Crippen LogP contribution in [0.5, 0.6) is 0 Å². The van der Waals surface area contributed by atoms with Crippen LogP contribution in [-0.4, -0.2) is 34.4 Å². The van der Waals surface area contributed by atoms with E-state index in [0.717, 1.165) is 34.3 Å². The first-order valence-electron chi connectivity index (χ1n) is 10.0. The minimum absolute atomic E-state index is 0. The number of hydrogen-bond acceptors (Lipinski definition) is 7. The fraction of sp³-hybridized carbons (Fsp3) is 0.550. The van der Waals surface area contributed by atoms with Crippen LogP contribution in [0.3, 0.4) is 0 Å². The number of thiazole rings is 1. The Balaban J connectivity index is 0. The molecule has 0 unspecified atom stereocenters. The van der Waals surface area contributed by atoms with E-state index >= 15 is 0 Å². The predicted molar refractivity (Wildman–Crippen MR) is 124 cm³/mol. The van der Waals surface area contributed by atoms with Gasteiger partial charge in [-0.15, -0.1) is 0 Å². The number of benzene rings is 1. The molecule has 5 N–H and O–H groups in total. The molecular weight excluding hydrogens is 374 g/mol. The molecule has 1 aromatic carbocycles. The van der Waals surface area contributed by atoms with Gasteiger partial charge in [-0.3, -0.25) is 10.2 Å². The molecule has 0 saturated heterocycles. The van der Waals surface area contributed by atoms with Crippen molar-refractivity contribution in [1.82, 2.24) is 10.3 Å². The minimum Gasteiger partial charge on any atom is -0.393 e. The van der Waals surface area contributed by atoms with Crippen molar-refractivity contribution in [3.63, 3.8) is 0 Å². The maximum atomic E-state index is 11.8. The van der Waals surface area contributed by atoms with Crippen molar-refractivity contribution in [1.29, 1.82) is 0 Å². The third-order valence-electron chi connectivity index (χ3n) is 5.01. The van der Waals surface area contributed by atoms with Crippen molar-refractivity contribution in [3.05, 3.63) is 17.7 Å². The predicted octanol–water partition coefficient (Wildman–Crippen LogP) is 4.41. The van der Waals surface area contributed by atoms with Crippen molar-refractivity contribution in [2.24, 2.45) is 5.10 Å². The van der Waals surface area contributed by atoms with E-state index in [9.17, 15) is 9.90 Å². The Morgan fingerprint density at radius 2 is 2.04 bits per heavy atom. The smallest absolute Gasteiger partial charge is 0.267 e. The average Bonchev–Trinajstić information content (AvgIpc) is 3.06. The van der Waals surface area contributed by atoms with E-state index in [2.05, 4.69) is 20.8 Å². The van der Waals surface area contributed by atoms with Gasteiger partial charge in [0.1, 0.15) is 5.71 Å². The van der Waals surface area contributed by atoms with Crippen LogP contribution in [-0.2, 0) is 11.2 Å². The van der Waals surface area contributed by atoms with Gasteiger partial charge in [0, 0.05) is 24.2 Å². The molecule has 1 saturated carbocycles. The van der Waals surface area contributed by atoms with Crippen molar-refractivity contribution in [2.45, 2.75) is 64.4 Å². The third-order valence-corrected chi connectivity index (χ3v) is 5.97. The van der Waals surface area contributed by atoms with Crippen LogP contribution in [0.25, 0.3) is 10.2 Å². The molecule has 7 nitrogen and oxygen atoms in total. The van der Waals surface area contributed by atoms with Crippen LogP contribution in [0.4, 0.5) is 10.8 Å². The number of hydrazone groups is 1. The number of rotatable bonds is 2. The van der Waals surface area contributed by atoms with E-state index in [4.69, 9.17) is 5.73 Å². The highest BCUT2D eigenvalue weighted by Gasteiger charge is 2.21. The molecule has 0 radical (unpaired) electrons. The van der Waals surface area contributed by atoms with E-state index in [1.54, 1.807) is 0 Å². The van der Waals surface area contributed by atoms with Gasteiger partial charge in [0.05, 0.1) is 22.0 Å². The molecule has 0 bridgehead atoms. The Labute approximate surface area is 175 Å². The number of nitrogens with zero attached hydrogens (tertiary/aromatic N) is 2.